The van der Waals surface area contributed by atoms with Crippen molar-refractivity contribution in [3.05, 3.63) is 0 Å². The molecule has 0 unspecified atom stereocenters. The second kappa shape index (κ2) is 30.9. The van der Waals surface area contributed by atoms with Gasteiger partial charge in [-0.15, -0.1) is 0 Å². The van der Waals surface area contributed by atoms with Crippen molar-refractivity contribution < 1.29 is 9.84 Å². The Hall–Kier alpha value is -0.0800. The molecule has 194 valence electrons. The Bertz CT molecular complexity index is 275. The van der Waals surface area contributed by atoms with Gasteiger partial charge in [-0.2, -0.15) is 0 Å². The molecule has 0 aliphatic heterocycles. The van der Waals surface area contributed by atoms with E-state index in [-0.39, 0.29) is 6.61 Å². The molecule has 0 heterocycles. The molecule has 1 N–H and O–H groups in total. The topological polar surface area (TPSA) is 29.5 Å². The third-order valence-electron chi connectivity index (χ3n) is 6.88. The molecule has 0 aliphatic carbocycles. The predicted octanol–water partition coefficient (Wildman–Crippen LogP) is 10.2. The molecule has 0 aromatic heterocycles. The summed E-state index contributed by atoms with van der Waals surface area (Å²) in [5.41, 5.74) is 0. The first-order chi connectivity index (χ1) is 15.9. The lowest BCUT2D eigenvalue weighted by atomic mass is 10.0. The van der Waals surface area contributed by atoms with Gasteiger partial charge in [0.05, 0.1) is 13.2 Å². The average Bonchev–Trinajstić information content (AvgIpc) is 2.81. The second-order valence-electron chi connectivity index (χ2n) is 10.2. The summed E-state index contributed by atoms with van der Waals surface area (Å²) in [5.74, 6) is 0. The number of hydrogen-bond donors (Lipinski definition) is 1. The van der Waals surface area contributed by atoms with E-state index in [1.807, 2.05) is 0 Å². The number of unbranched alkanes of at least 4 members (excludes halogenated alkanes) is 25. The van der Waals surface area contributed by atoms with E-state index in [9.17, 15) is 0 Å². The SMILES string of the molecule is CCCCCCCCCCCCCCCCCCCCCCCCCCCCOCCO. The fourth-order valence-corrected chi connectivity index (χ4v) is 4.69. The van der Waals surface area contributed by atoms with E-state index in [1.54, 1.807) is 0 Å². The molecule has 0 aromatic rings. The van der Waals surface area contributed by atoms with Crippen LogP contribution in [0.15, 0.2) is 0 Å². The molecule has 32 heavy (non-hydrogen) atoms. The maximum Gasteiger partial charge on any atom is 0.0697 e. The van der Waals surface area contributed by atoms with Gasteiger partial charge < -0.3 is 9.84 Å². The van der Waals surface area contributed by atoms with Gasteiger partial charge in [0.1, 0.15) is 0 Å². The number of hydrogen-bond acceptors (Lipinski definition) is 2. The van der Waals surface area contributed by atoms with Crippen LogP contribution in [0.4, 0.5) is 0 Å². The summed E-state index contributed by atoms with van der Waals surface area (Å²) in [6.45, 7) is 3.77. The Morgan fingerprint density at radius 2 is 0.594 bits per heavy atom. The maximum atomic E-state index is 8.64. The van der Waals surface area contributed by atoms with E-state index >= 15 is 0 Å². The Kier molecular flexibility index (Phi) is 30.8. The van der Waals surface area contributed by atoms with Gasteiger partial charge in [0.2, 0.25) is 0 Å². The normalized spacial score (nSPS) is 11.4. The van der Waals surface area contributed by atoms with Crippen molar-refractivity contribution in [3.63, 3.8) is 0 Å². The van der Waals surface area contributed by atoms with Crippen LogP contribution in [0, 0.1) is 0 Å². The van der Waals surface area contributed by atoms with Crippen LogP contribution < -0.4 is 0 Å². The second-order valence-corrected chi connectivity index (χ2v) is 10.2. The van der Waals surface area contributed by atoms with Crippen LogP contribution in [-0.2, 0) is 4.74 Å². The Labute approximate surface area is 203 Å². The van der Waals surface area contributed by atoms with E-state index in [1.165, 1.54) is 161 Å². The zero-order chi connectivity index (χ0) is 23.2. The zero-order valence-corrected chi connectivity index (χ0v) is 22.4. The molecule has 0 bridgehead atoms. The molecular formula is C30H62O2. The van der Waals surface area contributed by atoms with Gasteiger partial charge >= 0.3 is 0 Å². The average molecular weight is 455 g/mol. The monoisotopic (exact) mass is 454 g/mol. The van der Waals surface area contributed by atoms with Crippen molar-refractivity contribution >= 4 is 0 Å². The van der Waals surface area contributed by atoms with E-state index < -0.39 is 0 Å². The summed E-state index contributed by atoms with van der Waals surface area (Å²) >= 11 is 0. The summed E-state index contributed by atoms with van der Waals surface area (Å²) in [6.07, 6.45) is 37.3. The maximum absolute atomic E-state index is 8.64. The van der Waals surface area contributed by atoms with Crippen molar-refractivity contribution in [3.8, 4) is 0 Å². The Morgan fingerprint density at radius 1 is 0.344 bits per heavy atom. The number of aliphatic hydroxyl groups excluding tert-OH is 1. The van der Waals surface area contributed by atoms with Crippen LogP contribution in [0.5, 0.6) is 0 Å². The largest absolute Gasteiger partial charge is 0.394 e. The third kappa shape index (κ3) is 29.9. The third-order valence-corrected chi connectivity index (χ3v) is 6.88. The highest BCUT2D eigenvalue weighted by Crippen LogP contribution is 2.15. The molecule has 0 aliphatic rings. The zero-order valence-electron chi connectivity index (χ0n) is 22.4. The van der Waals surface area contributed by atoms with E-state index in [0.29, 0.717) is 6.61 Å². The molecule has 0 amide bonds. The van der Waals surface area contributed by atoms with Crippen LogP contribution >= 0.6 is 0 Å². The summed E-state index contributed by atoms with van der Waals surface area (Å²) in [4.78, 5) is 0. The molecule has 0 atom stereocenters. The molecule has 2 heteroatoms. The van der Waals surface area contributed by atoms with Crippen LogP contribution in [-0.4, -0.2) is 24.9 Å². The highest BCUT2D eigenvalue weighted by atomic mass is 16.5. The first kappa shape index (κ1) is 31.9. The van der Waals surface area contributed by atoms with Gasteiger partial charge in [0.15, 0.2) is 0 Å². The first-order valence-corrected chi connectivity index (χ1v) is 15.1. The van der Waals surface area contributed by atoms with Crippen molar-refractivity contribution in [1.29, 1.82) is 0 Å². The fourth-order valence-electron chi connectivity index (χ4n) is 4.69. The van der Waals surface area contributed by atoms with Gasteiger partial charge in [-0.3, -0.25) is 0 Å². The highest BCUT2D eigenvalue weighted by Gasteiger charge is 1.96. The molecule has 0 spiro atoms. The Morgan fingerprint density at radius 3 is 0.844 bits per heavy atom. The van der Waals surface area contributed by atoms with E-state index in [2.05, 4.69) is 6.92 Å². The summed E-state index contributed by atoms with van der Waals surface area (Å²) in [5, 5.41) is 8.64. The molecule has 0 saturated carbocycles. The lowest BCUT2D eigenvalue weighted by Crippen LogP contribution is -2.00. The number of aliphatic hydroxyl groups is 1. The molecular weight excluding hydrogens is 392 g/mol. The van der Waals surface area contributed by atoms with E-state index in [0.717, 1.165) is 13.0 Å². The van der Waals surface area contributed by atoms with Gasteiger partial charge in [0.25, 0.3) is 0 Å². The first-order valence-electron chi connectivity index (χ1n) is 15.1. The smallest absolute Gasteiger partial charge is 0.0697 e. The Balaban J connectivity index is 2.98. The predicted molar refractivity (Wildman–Crippen MR) is 144 cm³/mol. The lowest BCUT2D eigenvalue weighted by Gasteiger charge is -2.04. The minimum Gasteiger partial charge on any atom is -0.394 e. The van der Waals surface area contributed by atoms with Gasteiger partial charge in [-0.05, 0) is 6.42 Å². The van der Waals surface area contributed by atoms with Crippen LogP contribution in [0.25, 0.3) is 0 Å². The number of rotatable bonds is 29. The van der Waals surface area contributed by atoms with Gasteiger partial charge in [-0.25, -0.2) is 0 Å². The molecule has 0 fully saturated rings. The minimum absolute atomic E-state index is 0.152. The van der Waals surface area contributed by atoms with Crippen molar-refractivity contribution in [2.45, 2.75) is 174 Å². The van der Waals surface area contributed by atoms with Crippen LogP contribution in [0.2, 0.25) is 0 Å². The fraction of sp³-hybridized carbons (Fsp3) is 1.00. The van der Waals surface area contributed by atoms with Gasteiger partial charge in [-0.1, -0.05) is 167 Å². The van der Waals surface area contributed by atoms with Crippen LogP contribution in [0.3, 0.4) is 0 Å². The molecule has 2 nitrogen and oxygen atoms in total. The quantitative estimate of drug-likeness (QED) is 0.114. The van der Waals surface area contributed by atoms with Crippen LogP contribution in [0.1, 0.15) is 174 Å². The number of ether oxygens (including phenoxy) is 1. The lowest BCUT2D eigenvalue weighted by molar-refractivity contribution is 0.0895. The minimum atomic E-state index is 0.152. The molecule has 0 radical (unpaired) electrons. The summed E-state index contributed by atoms with van der Waals surface area (Å²) < 4.78 is 5.29. The molecule has 0 saturated heterocycles. The van der Waals surface area contributed by atoms with Crippen molar-refractivity contribution in [1.82, 2.24) is 0 Å². The van der Waals surface area contributed by atoms with Gasteiger partial charge in [0, 0.05) is 6.61 Å². The summed E-state index contributed by atoms with van der Waals surface area (Å²) in [7, 11) is 0. The molecule has 0 aromatic carbocycles. The van der Waals surface area contributed by atoms with Crippen molar-refractivity contribution in [2.75, 3.05) is 19.8 Å². The van der Waals surface area contributed by atoms with Crippen molar-refractivity contribution in [2.24, 2.45) is 0 Å². The standard InChI is InChI=1S/C30H62O2/c1-2-3-4-5-6-7-8-9-10-11-12-13-14-15-16-17-18-19-20-21-22-23-24-25-26-27-29-32-30-28-31/h31H,2-30H2,1H3. The highest BCUT2D eigenvalue weighted by molar-refractivity contribution is 4.52. The summed E-state index contributed by atoms with van der Waals surface area (Å²) in [6, 6.07) is 0. The van der Waals surface area contributed by atoms with E-state index in [4.69, 9.17) is 9.84 Å². The molecule has 0 rings (SSSR count).